The largest absolute Gasteiger partial charge is 0.442 e. The van der Waals surface area contributed by atoms with Gasteiger partial charge in [0.05, 0.1) is 17.4 Å². The summed E-state index contributed by atoms with van der Waals surface area (Å²) in [6, 6.07) is 3.53. The molecule has 3 aromatic rings. The molecule has 0 aliphatic rings. The molecule has 8 heteroatoms. The fourth-order valence-electron chi connectivity index (χ4n) is 2.38. The molecule has 24 heavy (non-hydrogen) atoms. The third kappa shape index (κ3) is 2.62. The summed E-state index contributed by atoms with van der Waals surface area (Å²) in [6.07, 6.45) is 2.92. The summed E-state index contributed by atoms with van der Waals surface area (Å²) in [5.74, 6) is 0.683. The Morgan fingerprint density at radius 1 is 1.29 bits per heavy atom. The molecular formula is C16H17N5O3. The molecule has 0 aliphatic carbocycles. The number of fused-ring (bicyclic) bond motifs is 1. The molecule has 1 amide bonds. The van der Waals surface area contributed by atoms with Crippen molar-refractivity contribution in [3.63, 3.8) is 0 Å². The van der Waals surface area contributed by atoms with Crippen LogP contribution in [0, 0.1) is 6.92 Å². The van der Waals surface area contributed by atoms with Crippen LogP contribution in [0.4, 0.5) is 11.5 Å². The van der Waals surface area contributed by atoms with Crippen molar-refractivity contribution in [3.05, 3.63) is 46.3 Å². The number of nitrogens with one attached hydrogen (secondary N) is 1. The second-order valence-electron chi connectivity index (χ2n) is 5.63. The van der Waals surface area contributed by atoms with Gasteiger partial charge in [0.15, 0.2) is 0 Å². The molecule has 0 fully saturated rings. The molecule has 0 radical (unpaired) electrons. The average molecular weight is 327 g/mol. The van der Waals surface area contributed by atoms with Gasteiger partial charge in [-0.05, 0) is 19.1 Å². The molecule has 3 heterocycles. The van der Waals surface area contributed by atoms with Gasteiger partial charge in [0.1, 0.15) is 23.3 Å². The lowest BCUT2D eigenvalue weighted by molar-refractivity contribution is 0.102. The Labute approximate surface area is 137 Å². The Balaban J connectivity index is 1.98. The summed E-state index contributed by atoms with van der Waals surface area (Å²) in [5.41, 5.74) is 0.542. The van der Waals surface area contributed by atoms with E-state index in [-0.39, 0.29) is 22.2 Å². The van der Waals surface area contributed by atoms with Crippen molar-refractivity contribution >= 4 is 28.5 Å². The first-order valence-electron chi connectivity index (χ1n) is 7.28. The highest BCUT2D eigenvalue weighted by Crippen LogP contribution is 2.22. The van der Waals surface area contributed by atoms with Crippen molar-refractivity contribution < 1.29 is 9.21 Å². The lowest BCUT2D eigenvalue weighted by Gasteiger charge is -2.11. The van der Waals surface area contributed by atoms with Crippen molar-refractivity contribution in [1.82, 2.24) is 14.5 Å². The summed E-state index contributed by atoms with van der Waals surface area (Å²) in [5, 5.41) is 2.91. The molecule has 124 valence electrons. The first kappa shape index (κ1) is 15.7. The van der Waals surface area contributed by atoms with E-state index >= 15 is 0 Å². The average Bonchev–Trinajstić information content (AvgIpc) is 2.88. The minimum Gasteiger partial charge on any atom is -0.442 e. The Bertz CT molecular complexity index is 970. The maximum Gasteiger partial charge on any atom is 0.265 e. The highest BCUT2D eigenvalue weighted by atomic mass is 16.3. The minimum absolute atomic E-state index is 0.154. The molecule has 0 saturated carbocycles. The summed E-state index contributed by atoms with van der Waals surface area (Å²) < 4.78 is 6.74. The second-order valence-corrected chi connectivity index (χ2v) is 5.63. The van der Waals surface area contributed by atoms with Crippen LogP contribution in [-0.2, 0) is 7.05 Å². The number of amides is 1. The maximum absolute atomic E-state index is 12.6. The molecule has 0 saturated heterocycles. The zero-order valence-electron chi connectivity index (χ0n) is 13.8. The molecule has 1 N–H and O–H groups in total. The third-order valence-corrected chi connectivity index (χ3v) is 3.64. The van der Waals surface area contributed by atoms with Crippen LogP contribution in [0.2, 0.25) is 0 Å². The van der Waals surface area contributed by atoms with Gasteiger partial charge in [-0.25, -0.2) is 9.97 Å². The van der Waals surface area contributed by atoms with Gasteiger partial charge in [-0.1, -0.05) is 0 Å². The standard InChI is InChI=1S/C16H17N5O3/c1-9-12(13-15(24-9)18-8-21(4)16(13)23)14(22)19-10-5-6-11(17-7-10)20(2)3/h5-8H,1-4H3,(H,19,22). The van der Waals surface area contributed by atoms with E-state index < -0.39 is 5.91 Å². The summed E-state index contributed by atoms with van der Waals surface area (Å²) in [4.78, 5) is 35.0. The van der Waals surface area contributed by atoms with E-state index in [2.05, 4.69) is 15.3 Å². The molecule has 0 aromatic carbocycles. The van der Waals surface area contributed by atoms with E-state index in [0.717, 1.165) is 5.82 Å². The molecule has 3 rings (SSSR count). The maximum atomic E-state index is 12.6. The summed E-state index contributed by atoms with van der Waals surface area (Å²) >= 11 is 0. The smallest absolute Gasteiger partial charge is 0.265 e. The van der Waals surface area contributed by atoms with E-state index in [4.69, 9.17) is 4.42 Å². The van der Waals surface area contributed by atoms with Crippen molar-refractivity contribution in [2.75, 3.05) is 24.3 Å². The first-order chi connectivity index (χ1) is 11.4. The highest BCUT2D eigenvalue weighted by molar-refractivity contribution is 6.12. The fraction of sp³-hybridized carbons (Fsp3) is 0.250. The third-order valence-electron chi connectivity index (χ3n) is 3.64. The number of anilines is 2. The fourth-order valence-corrected chi connectivity index (χ4v) is 2.38. The number of aryl methyl sites for hydroxylation is 2. The molecule has 8 nitrogen and oxygen atoms in total. The van der Waals surface area contributed by atoms with E-state index in [1.165, 1.54) is 10.9 Å². The van der Waals surface area contributed by atoms with Gasteiger partial charge in [-0.3, -0.25) is 9.59 Å². The predicted octanol–water partition coefficient (Wildman–Crippen LogP) is 1.55. The number of hydrogen-bond acceptors (Lipinski definition) is 6. The van der Waals surface area contributed by atoms with E-state index in [1.807, 2.05) is 19.0 Å². The van der Waals surface area contributed by atoms with E-state index in [1.54, 1.807) is 32.3 Å². The van der Waals surface area contributed by atoms with Crippen molar-refractivity contribution in [3.8, 4) is 0 Å². The van der Waals surface area contributed by atoms with Gasteiger partial charge in [0.25, 0.3) is 11.5 Å². The van der Waals surface area contributed by atoms with E-state index in [9.17, 15) is 9.59 Å². The van der Waals surface area contributed by atoms with E-state index in [0.29, 0.717) is 11.4 Å². The number of nitrogens with zero attached hydrogens (tertiary/aromatic N) is 4. The zero-order chi connectivity index (χ0) is 17.4. The normalized spacial score (nSPS) is 10.8. The summed E-state index contributed by atoms with van der Waals surface area (Å²) in [6.45, 7) is 1.63. The molecular weight excluding hydrogens is 310 g/mol. The molecule has 0 atom stereocenters. The monoisotopic (exact) mass is 327 g/mol. The van der Waals surface area contributed by atoms with Gasteiger partial charge in [-0.15, -0.1) is 0 Å². The number of carbonyl (C=O) groups is 1. The Morgan fingerprint density at radius 2 is 2.04 bits per heavy atom. The molecule has 0 unspecified atom stereocenters. The van der Waals surface area contributed by atoms with Crippen molar-refractivity contribution in [2.45, 2.75) is 6.92 Å². The minimum atomic E-state index is -0.434. The quantitative estimate of drug-likeness (QED) is 0.784. The highest BCUT2D eigenvalue weighted by Gasteiger charge is 2.22. The van der Waals surface area contributed by atoms with Crippen LogP contribution in [0.1, 0.15) is 16.1 Å². The van der Waals surface area contributed by atoms with Gasteiger partial charge < -0.3 is 19.2 Å². The molecule has 3 aromatic heterocycles. The SMILES string of the molecule is Cc1oc2ncn(C)c(=O)c2c1C(=O)Nc1ccc(N(C)C)nc1. The van der Waals surface area contributed by atoms with Gasteiger partial charge in [-0.2, -0.15) is 0 Å². The number of rotatable bonds is 3. The first-order valence-corrected chi connectivity index (χ1v) is 7.28. The van der Waals surface area contributed by atoms with Crippen LogP contribution < -0.4 is 15.8 Å². The number of furan rings is 1. The topological polar surface area (TPSA) is 93.3 Å². The predicted molar refractivity (Wildman–Crippen MR) is 90.5 cm³/mol. The Hall–Kier alpha value is -3.16. The van der Waals surface area contributed by atoms with Crippen LogP contribution in [0.3, 0.4) is 0 Å². The van der Waals surface area contributed by atoms with Crippen molar-refractivity contribution in [2.24, 2.45) is 7.05 Å². The number of carbonyl (C=O) groups excluding carboxylic acids is 1. The lowest BCUT2D eigenvalue weighted by Crippen LogP contribution is -2.20. The summed E-state index contributed by atoms with van der Waals surface area (Å²) in [7, 11) is 5.33. The number of hydrogen-bond donors (Lipinski definition) is 1. The van der Waals surface area contributed by atoms with Crippen LogP contribution in [0.15, 0.2) is 33.9 Å². The van der Waals surface area contributed by atoms with Crippen LogP contribution >= 0.6 is 0 Å². The van der Waals surface area contributed by atoms with Crippen molar-refractivity contribution in [1.29, 1.82) is 0 Å². The Kier molecular flexibility index (Phi) is 3.80. The lowest BCUT2D eigenvalue weighted by atomic mass is 10.1. The van der Waals surface area contributed by atoms with Crippen LogP contribution in [0.5, 0.6) is 0 Å². The zero-order valence-corrected chi connectivity index (χ0v) is 13.8. The molecule has 0 bridgehead atoms. The van der Waals surface area contributed by atoms with Crippen LogP contribution in [0.25, 0.3) is 11.1 Å². The molecule has 0 aliphatic heterocycles. The van der Waals surface area contributed by atoms with Gasteiger partial charge >= 0.3 is 0 Å². The van der Waals surface area contributed by atoms with Crippen LogP contribution in [-0.4, -0.2) is 34.5 Å². The Morgan fingerprint density at radius 3 is 2.67 bits per heavy atom. The number of pyridine rings is 1. The second kappa shape index (κ2) is 5.80. The number of aromatic nitrogens is 3. The van der Waals surface area contributed by atoms with Gasteiger partial charge in [0.2, 0.25) is 5.71 Å². The molecule has 0 spiro atoms. The van der Waals surface area contributed by atoms with Gasteiger partial charge in [0, 0.05) is 21.1 Å².